The van der Waals surface area contributed by atoms with Gasteiger partial charge in [0.25, 0.3) is 11.6 Å². The van der Waals surface area contributed by atoms with E-state index >= 15 is 0 Å². The summed E-state index contributed by atoms with van der Waals surface area (Å²) in [5.41, 5.74) is 1.78. The zero-order chi connectivity index (χ0) is 20.7. The van der Waals surface area contributed by atoms with Gasteiger partial charge in [-0.15, -0.1) is 0 Å². The van der Waals surface area contributed by atoms with Gasteiger partial charge in [0, 0.05) is 18.2 Å². The van der Waals surface area contributed by atoms with Gasteiger partial charge in [-0.2, -0.15) is 0 Å². The van der Waals surface area contributed by atoms with Crippen molar-refractivity contribution in [1.82, 2.24) is 0 Å². The number of hydrogen-bond acceptors (Lipinski definition) is 6. The maximum atomic E-state index is 12.3. The fraction of sp³-hybridized carbons (Fsp3) is 0.200. The lowest BCUT2D eigenvalue weighted by Gasteiger charge is -2.14. The van der Waals surface area contributed by atoms with E-state index < -0.39 is 22.9 Å². The minimum atomic E-state index is -1.11. The average Bonchev–Trinajstić information content (AvgIpc) is 2.66. The van der Waals surface area contributed by atoms with Gasteiger partial charge in [0.05, 0.1) is 17.7 Å². The summed E-state index contributed by atoms with van der Waals surface area (Å²) >= 11 is 0. The van der Waals surface area contributed by atoms with Crippen LogP contribution in [-0.4, -0.2) is 30.0 Å². The number of carbonyl (C=O) groups is 2. The number of esters is 1. The van der Waals surface area contributed by atoms with E-state index in [4.69, 9.17) is 9.47 Å². The molecule has 1 N–H and O–H groups in total. The van der Waals surface area contributed by atoms with E-state index in [-0.39, 0.29) is 17.1 Å². The Labute approximate surface area is 161 Å². The molecule has 0 aliphatic carbocycles. The van der Waals surface area contributed by atoms with Crippen molar-refractivity contribution in [2.75, 3.05) is 12.4 Å². The number of hydrogen-bond donors (Lipinski definition) is 1. The average molecular weight is 384 g/mol. The van der Waals surface area contributed by atoms with Crippen molar-refractivity contribution in [3.63, 3.8) is 0 Å². The molecular weight excluding hydrogens is 364 g/mol. The number of methoxy groups -OCH3 is 1. The maximum Gasteiger partial charge on any atom is 0.331 e. The Morgan fingerprint density at radius 2 is 1.96 bits per heavy atom. The van der Waals surface area contributed by atoms with Crippen molar-refractivity contribution < 1.29 is 24.0 Å². The molecule has 2 aromatic carbocycles. The summed E-state index contributed by atoms with van der Waals surface area (Å²) in [6.07, 6.45) is 1.70. The zero-order valence-corrected chi connectivity index (χ0v) is 15.7. The summed E-state index contributed by atoms with van der Waals surface area (Å²) in [5, 5.41) is 13.4. The number of rotatable bonds is 7. The van der Waals surface area contributed by atoms with Crippen LogP contribution < -0.4 is 10.1 Å². The highest BCUT2D eigenvalue weighted by molar-refractivity contribution is 5.97. The molecule has 0 aliphatic rings. The first-order valence-electron chi connectivity index (χ1n) is 8.39. The predicted octanol–water partition coefficient (Wildman–Crippen LogP) is 3.50. The normalized spacial score (nSPS) is 11.7. The van der Waals surface area contributed by atoms with Crippen molar-refractivity contribution >= 4 is 29.3 Å². The minimum absolute atomic E-state index is 0.111. The third-order valence-corrected chi connectivity index (χ3v) is 3.77. The minimum Gasteiger partial charge on any atom is -0.495 e. The Hall–Kier alpha value is -3.68. The second kappa shape index (κ2) is 9.31. The predicted molar refractivity (Wildman–Crippen MR) is 104 cm³/mol. The van der Waals surface area contributed by atoms with Gasteiger partial charge in [-0.05, 0) is 31.6 Å². The lowest BCUT2D eigenvalue weighted by Crippen LogP contribution is -2.29. The fourth-order valence-electron chi connectivity index (χ4n) is 2.35. The number of ether oxygens (including phenoxy) is 2. The highest BCUT2D eigenvalue weighted by atomic mass is 16.6. The van der Waals surface area contributed by atoms with E-state index in [1.807, 2.05) is 31.2 Å². The van der Waals surface area contributed by atoms with E-state index in [1.165, 1.54) is 38.3 Å². The molecule has 0 fully saturated rings. The molecule has 0 saturated heterocycles. The fourth-order valence-corrected chi connectivity index (χ4v) is 2.35. The number of nitro benzene ring substituents is 1. The van der Waals surface area contributed by atoms with Gasteiger partial charge in [0.1, 0.15) is 5.75 Å². The summed E-state index contributed by atoms with van der Waals surface area (Å²) in [4.78, 5) is 34.5. The van der Waals surface area contributed by atoms with Crippen molar-refractivity contribution in [2.45, 2.75) is 20.0 Å². The molecule has 0 unspecified atom stereocenters. The van der Waals surface area contributed by atoms with Crippen LogP contribution in [0.2, 0.25) is 0 Å². The molecule has 0 bridgehead atoms. The molecular formula is C20H20N2O6. The smallest absolute Gasteiger partial charge is 0.331 e. The highest BCUT2D eigenvalue weighted by Gasteiger charge is 2.20. The molecule has 0 spiro atoms. The van der Waals surface area contributed by atoms with Crippen molar-refractivity contribution in [3.8, 4) is 5.75 Å². The molecule has 146 valence electrons. The van der Waals surface area contributed by atoms with Gasteiger partial charge >= 0.3 is 5.97 Å². The quantitative estimate of drug-likeness (QED) is 0.339. The molecule has 1 atom stereocenters. The van der Waals surface area contributed by atoms with Gasteiger partial charge < -0.3 is 14.8 Å². The Morgan fingerprint density at radius 1 is 1.21 bits per heavy atom. The van der Waals surface area contributed by atoms with Crippen LogP contribution in [0.15, 0.2) is 48.5 Å². The van der Waals surface area contributed by atoms with E-state index in [1.54, 1.807) is 6.08 Å². The van der Waals surface area contributed by atoms with E-state index in [0.29, 0.717) is 0 Å². The number of nitrogens with zero attached hydrogens (tertiary/aromatic N) is 1. The summed E-state index contributed by atoms with van der Waals surface area (Å²) in [6.45, 7) is 3.34. The van der Waals surface area contributed by atoms with Crippen LogP contribution in [0.1, 0.15) is 18.1 Å². The van der Waals surface area contributed by atoms with Crippen LogP contribution in [0.3, 0.4) is 0 Å². The summed E-state index contributed by atoms with van der Waals surface area (Å²) in [5.74, 6) is -1.08. The first-order valence-corrected chi connectivity index (χ1v) is 8.39. The Morgan fingerprint density at radius 3 is 2.61 bits per heavy atom. The second-order valence-electron chi connectivity index (χ2n) is 5.96. The number of anilines is 1. The lowest BCUT2D eigenvalue weighted by atomic mass is 10.1. The molecule has 2 aromatic rings. The van der Waals surface area contributed by atoms with Crippen LogP contribution in [-0.2, 0) is 14.3 Å². The SMILES string of the molecule is COc1ccc([N+](=O)[O-])cc1NC(=O)[C@H](C)OC(=O)/C=C/c1cccc(C)c1. The van der Waals surface area contributed by atoms with Crippen LogP contribution >= 0.6 is 0 Å². The van der Waals surface area contributed by atoms with E-state index in [9.17, 15) is 19.7 Å². The molecule has 28 heavy (non-hydrogen) atoms. The first-order chi connectivity index (χ1) is 13.3. The standard InChI is InChI=1S/C20H20N2O6/c1-13-5-4-6-15(11-13)7-10-19(23)28-14(2)20(24)21-17-12-16(22(25)26)8-9-18(17)27-3/h4-12,14H,1-3H3,(H,21,24)/b10-7+/t14-/m0/s1. The molecule has 8 nitrogen and oxygen atoms in total. The Kier molecular flexibility index (Phi) is 6.86. The van der Waals surface area contributed by atoms with Gasteiger partial charge in [-0.25, -0.2) is 4.79 Å². The van der Waals surface area contributed by atoms with Crippen molar-refractivity contribution in [3.05, 3.63) is 69.8 Å². The second-order valence-corrected chi connectivity index (χ2v) is 5.96. The molecule has 0 heterocycles. The highest BCUT2D eigenvalue weighted by Crippen LogP contribution is 2.29. The third-order valence-electron chi connectivity index (χ3n) is 3.77. The largest absolute Gasteiger partial charge is 0.495 e. The van der Waals surface area contributed by atoms with Crippen molar-refractivity contribution in [2.24, 2.45) is 0 Å². The van der Waals surface area contributed by atoms with Crippen LogP contribution in [0, 0.1) is 17.0 Å². The van der Waals surface area contributed by atoms with Crippen LogP contribution in [0.5, 0.6) is 5.75 Å². The molecule has 0 aromatic heterocycles. The van der Waals surface area contributed by atoms with E-state index in [2.05, 4.69) is 5.32 Å². The number of carbonyl (C=O) groups excluding carboxylic acids is 2. The van der Waals surface area contributed by atoms with Gasteiger partial charge in [-0.3, -0.25) is 14.9 Å². The molecule has 0 saturated carbocycles. The molecule has 1 amide bonds. The van der Waals surface area contributed by atoms with Crippen LogP contribution in [0.4, 0.5) is 11.4 Å². The molecule has 0 radical (unpaired) electrons. The number of nitro groups is 1. The zero-order valence-electron chi connectivity index (χ0n) is 15.7. The molecule has 2 rings (SSSR count). The van der Waals surface area contributed by atoms with E-state index in [0.717, 1.165) is 11.1 Å². The summed E-state index contributed by atoms with van der Waals surface area (Å²) in [6, 6.07) is 11.3. The number of non-ortho nitro benzene ring substituents is 1. The summed E-state index contributed by atoms with van der Waals surface area (Å²) < 4.78 is 10.2. The molecule has 8 heteroatoms. The first kappa shape index (κ1) is 20.6. The lowest BCUT2D eigenvalue weighted by molar-refractivity contribution is -0.384. The third kappa shape index (κ3) is 5.66. The number of amides is 1. The summed E-state index contributed by atoms with van der Waals surface area (Å²) in [7, 11) is 1.37. The topological polar surface area (TPSA) is 108 Å². The molecule has 0 aliphatic heterocycles. The number of benzene rings is 2. The van der Waals surface area contributed by atoms with Crippen molar-refractivity contribution in [1.29, 1.82) is 0 Å². The van der Waals surface area contributed by atoms with Gasteiger partial charge in [-0.1, -0.05) is 29.8 Å². The van der Waals surface area contributed by atoms with Gasteiger partial charge in [0.15, 0.2) is 6.10 Å². The number of nitrogens with one attached hydrogen (secondary N) is 1. The Bertz CT molecular complexity index is 923. The Balaban J connectivity index is 2.01. The number of aryl methyl sites for hydroxylation is 1. The van der Waals surface area contributed by atoms with Gasteiger partial charge in [0.2, 0.25) is 0 Å². The maximum absolute atomic E-state index is 12.3. The van der Waals surface area contributed by atoms with Crippen LogP contribution in [0.25, 0.3) is 6.08 Å². The monoisotopic (exact) mass is 384 g/mol.